The number of nitrogens with two attached hydrogens (primary N) is 1. The van der Waals surface area contributed by atoms with E-state index >= 15 is 0 Å². The first-order valence-electron chi connectivity index (χ1n) is 6.09. The van der Waals surface area contributed by atoms with Gasteiger partial charge in [0.2, 0.25) is 0 Å². The highest BCUT2D eigenvalue weighted by molar-refractivity contribution is 7.99. The summed E-state index contributed by atoms with van der Waals surface area (Å²) in [5.74, 6) is 1.59. The predicted molar refractivity (Wildman–Crippen MR) is 73.8 cm³/mol. The van der Waals surface area contributed by atoms with Gasteiger partial charge in [-0.15, -0.1) is 0 Å². The smallest absolute Gasteiger partial charge is 0.162 e. The van der Waals surface area contributed by atoms with Gasteiger partial charge in [-0.2, -0.15) is 5.10 Å². The number of benzene rings is 1. The molecule has 19 heavy (non-hydrogen) atoms. The molecule has 2 heterocycles. The molecule has 5 nitrogen and oxygen atoms in total. The lowest BCUT2D eigenvalue weighted by Crippen LogP contribution is -1.97. The van der Waals surface area contributed by atoms with Gasteiger partial charge < -0.3 is 15.2 Å². The highest BCUT2D eigenvalue weighted by Gasteiger charge is 2.13. The zero-order valence-corrected chi connectivity index (χ0v) is 11.4. The van der Waals surface area contributed by atoms with E-state index in [1.807, 2.05) is 25.2 Å². The predicted octanol–water partition coefficient (Wildman–Crippen LogP) is 2.31. The van der Waals surface area contributed by atoms with E-state index in [1.54, 1.807) is 10.9 Å². The minimum absolute atomic E-state index is 0.680. The minimum atomic E-state index is 0.680. The highest BCUT2D eigenvalue weighted by atomic mass is 32.2. The third kappa shape index (κ3) is 2.63. The van der Waals surface area contributed by atoms with Crippen LogP contribution in [0.15, 0.2) is 34.3 Å². The molecule has 0 aliphatic carbocycles. The summed E-state index contributed by atoms with van der Waals surface area (Å²) in [6.07, 6.45) is 2.70. The summed E-state index contributed by atoms with van der Waals surface area (Å²) in [7, 11) is 1.86. The van der Waals surface area contributed by atoms with Crippen LogP contribution < -0.4 is 15.2 Å². The van der Waals surface area contributed by atoms with Crippen LogP contribution in [-0.2, 0) is 7.05 Å². The Morgan fingerprint density at radius 1 is 1.26 bits per heavy atom. The van der Waals surface area contributed by atoms with Crippen LogP contribution in [-0.4, -0.2) is 23.0 Å². The molecule has 100 valence electrons. The number of nitrogen functional groups attached to an aromatic ring is 1. The minimum Gasteiger partial charge on any atom is -0.490 e. The van der Waals surface area contributed by atoms with Crippen molar-refractivity contribution in [1.29, 1.82) is 0 Å². The molecule has 0 saturated carbocycles. The van der Waals surface area contributed by atoms with Crippen LogP contribution in [0.2, 0.25) is 0 Å². The van der Waals surface area contributed by atoms with Crippen LogP contribution >= 0.6 is 11.8 Å². The molecule has 0 bridgehead atoms. The lowest BCUT2D eigenvalue weighted by Gasteiger charge is -2.08. The Morgan fingerprint density at radius 3 is 2.79 bits per heavy atom. The molecule has 1 aromatic heterocycles. The summed E-state index contributed by atoms with van der Waals surface area (Å²) in [5.41, 5.74) is 6.57. The Bertz CT molecular complexity index is 598. The van der Waals surface area contributed by atoms with Crippen molar-refractivity contribution >= 4 is 17.4 Å². The summed E-state index contributed by atoms with van der Waals surface area (Å²) in [4.78, 5) is 1.04. The van der Waals surface area contributed by atoms with Crippen molar-refractivity contribution in [1.82, 2.24) is 9.78 Å². The number of nitrogens with zero attached hydrogens (tertiary/aromatic N) is 2. The number of ether oxygens (including phenoxy) is 2. The van der Waals surface area contributed by atoms with Crippen LogP contribution in [0.3, 0.4) is 0 Å². The van der Waals surface area contributed by atoms with Crippen molar-refractivity contribution in [2.45, 2.75) is 16.3 Å². The molecular formula is C13H15N3O2S. The summed E-state index contributed by atoms with van der Waals surface area (Å²) in [6.45, 7) is 1.39. The number of hydrogen-bond acceptors (Lipinski definition) is 5. The number of rotatable bonds is 2. The maximum absolute atomic E-state index is 5.89. The van der Waals surface area contributed by atoms with E-state index in [9.17, 15) is 0 Å². The van der Waals surface area contributed by atoms with E-state index in [4.69, 9.17) is 15.2 Å². The Morgan fingerprint density at radius 2 is 2.05 bits per heavy atom. The second kappa shape index (κ2) is 5.05. The molecule has 0 spiro atoms. The van der Waals surface area contributed by atoms with Crippen molar-refractivity contribution in [3.63, 3.8) is 0 Å². The second-order valence-electron chi connectivity index (χ2n) is 4.32. The van der Waals surface area contributed by atoms with Gasteiger partial charge in [-0.25, -0.2) is 0 Å². The van der Waals surface area contributed by atoms with Crippen LogP contribution in [0.5, 0.6) is 11.5 Å². The molecule has 0 unspecified atom stereocenters. The fraction of sp³-hybridized carbons (Fsp3) is 0.308. The average Bonchev–Trinajstić information content (AvgIpc) is 2.60. The van der Waals surface area contributed by atoms with Gasteiger partial charge in [0, 0.05) is 24.6 Å². The fourth-order valence-corrected chi connectivity index (χ4v) is 2.75. The van der Waals surface area contributed by atoms with Crippen LogP contribution in [0.1, 0.15) is 6.42 Å². The van der Waals surface area contributed by atoms with Gasteiger partial charge in [-0.05, 0) is 18.2 Å². The van der Waals surface area contributed by atoms with Crippen molar-refractivity contribution in [3.8, 4) is 11.5 Å². The lowest BCUT2D eigenvalue weighted by atomic mass is 10.3. The Balaban J connectivity index is 1.86. The van der Waals surface area contributed by atoms with Crippen molar-refractivity contribution in [2.24, 2.45) is 7.05 Å². The lowest BCUT2D eigenvalue weighted by molar-refractivity contribution is 0.297. The normalized spacial score (nSPS) is 14.2. The van der Waals surface area contributed by atoms with Crippen molar-refractivity contribution in [3.05, 3.63) is 24.4 Å². The van der Waals surface area contributed by atoms with E-state index in [1.165, 1.54) is 11.8 Å². The van der Waals surface area contributed by atoms with E-state index in [2.05, 4.69) is 5.10 Å². The molecule has 0 amide bonds. The standard InChI is InChI=1S/C13H15N3O2S/c1-16-8-10(14)13(15-16)19-9-3-4-11-12(7-9)18-6-2-5-17-11/h3-4,7-8H,2,5-6,14H2,1H3. The monoisotopic (exact) mass is 277 g/mol. The number of hydrogen-bond donors (Lipinski definition) is 1. The molecule has 1 aromatic carbocycles. The van der Waals surface area contributed by atoms with Crippen LogP contribution in [0.4, 0.5) is 5.69 Å². The van der Waals surface area contributed by atoms with Crippen molar-refractivity contribution < 1.29 is 9.47 Å². The molecule has 1 aliphatic rings. The zero-order valence-electron chi connectivity index (χ0n) is 10.6. The highest BCUT2D eigenvalue weighted by Crippen LogP contribution is 2.37. The fourth-order valence-electron chi connectivity index (χ4n) is 1.88. The third-order valence-electron chi connectivity index (χ3n) is 2.75. The summed E-state index contributed by atoms with van der Waals surface area (Å²) in [6, 6.07) is 5.90. The number of aryl methyl sites for hydroxylation is 1. The molecule has 2 aromatic rings. The first kappa shape index (κ1) is 12.2. The SMILES string of the molecule is Cn1cc(N)c(Sc2ccc3c(c2)OCCCO3)n1. The molecule has 2 N–H and O–H groups in total. The maximum Gasteiger partial charge on any atom is 0.162 e. The summed E-state index contributed by atoms with van der Waals surface area (Å²) < 4.78 is 13.0. The number of fused-ring (bicyclic) bond motifs is 1. The molecule has 0 atom stereocenters. The van der Waals surface area contributed by atoms with Gasteiger partial charge in [0.05, 0.1) is 18.9 Å². The Hall–Kier alpha value is -1.82. The van der Waals surface area contributed by atoms with E-state index < -0.39 is 0 Å². The van der Waals surface area contributed by atoms with Gasteiger partial charge in [0.25, 0.3) is 0 Å². The molecular weight excluding hydrogens is 262 g/mol. The summed E-state index contributed by atoms with van der Waals surface area (Å²) in [5, 5.41) is 5.12. The number of aromatic nitrogens is 2. The topological polar surface area (TPSA) is 62.3 Å². The second-order valence-corrected chi connectivity index (χ2v) is 5.39. The van der Waals surface area contributed by atoms with Gasteiger partial charge in [0.15, 0.2) is 11.5 Å². The molecule has 6 heteroatoms. The van der Waals surface area contributed by atoms with E-state index in [0.29, 0.717) is 18.9 Å². The number of anilines is 1. The maximum atomic E-state index is 5.89. The Labute approximate surface area is 115 Å². The zero-order chi connectivity index (χ0) is 13.2. The van der Waals surface area contributed by atoms with Gasteiger partial charge in [-0.3, -0.25) is 4.68 Å². The van der Waals surface area contributed by atoms with E-state index in [-0.39, 0.29) is 0 Å². The molecule has 0 saturated heterocycles. The first-order chi connectivity index (χ1) is 9.22. The Kier molecular flexibility index (Phi) is 3.25. The van der Waals surface area contributed by atoms with Gasteiger partial charge in [0.1, 0.15) is 5.03 Å². The molecule has 3 rings (SSSR count). The van der Waals surface area contributed by atoms with Crippen LogP contribution in [0.25, 0.3) is 0 Å². The third-order valence-corrected chi connectivity index (χ3v) is 3.76. The van der Waals surface area contributed by atoms with Crippen LogP contribution in [0, 0.1) is 0 Å². The molecule has 1 aliphatic heterocycles. The summed E-state index contributed by atoms with van der Waals surface area (Å²) >= 11 is 1.52. The van der Waals surface area contributed by atoms with Crippen molar-refractivity contribution in [2.75, 3.05) is 18.9 Å². The van der Waals surface area contributed by atoms with Gasteiger partial charge in [-0.1, -0.05) is 11.8 Å². The quantitative estimate of drug-likeness (QED) is 0.912. The molecule has 0 fully saturated rings. The largest absolute Gasteiger partial charge is 0.490 e. The molecule has 0 radical (unpaired) electrons. The average molecular weight is 277 g/mol. The van der Waals surface area contributed by atoms with E-state index in [0.717, 1.165) is 27.8 Å². The first-order valence-corrected chi connectivity index (χ1v) is 6.90. The van der Waals surface area contributed by atoms with Gasteiger partial charge >= 0.3 is 0 Å².